The molecule has 21 heavy (non-hydrogen) atoms. The molecular formula is C16H26N2O2S. The van der Waals surface area contributed by atoms with Crippen LogP contribution in [0.3, 0.4) is 0 Å². The predicted molar refractivity (Wildman–Crippen MR) is 87.7 cm³/mol. The van der Waals surface area contributed by atoms with Crippen LogP contribution in [0.1, 0.15) is 19.8 Å². The van der Waals surface area contributed by atoms with Gasteiger partial charge >= 0.3 is 0 Å². The molecule has 1 fully saturated rings. The van der Waals surface area contributed by atoms with E-state index in [4.69, 9.17) is 0 Å². The van der Waals surface area contributed by atoms with Gasteiger partial charge in [0.25, 0.3) is 0 Å². The first-order chi connectivity index (χ1) is 9.90. The number of nitrogens with zero attached hydrogens (tertiary/aromatic N) is 2. The first-order valence-electron chi connectivity index (χ1n) is 7.63. The van der Waals surface area contributed by atoms with Crippen molar-refractivity contribution < 1.29 is 8.42 Å². The van der Waals surface area contributed by atoms with Crippen LogP contribution < -0.4 is 4.90 Å². The summed E-state index contributed by atoms with van der Waals surface area (Å²) >= 11 is 0. The first-order valence-corrected chi connectivity index (χ1v) is 9.53. The van der Waals surface area contributed by atoms with E-state index in [-0.39, 0.29) is 0 Å². The molecule has 0 N–H and O–H groups in total. The fraction of sp³-hybridized carbons (Fsp3) is 0.625. The highest BCUT2D eigenvalue weighted by molar-refractivity contribution is 7.90. The summed E-state index contributed by atoms with van der Waals surface area (Å²) in [6.07, 6.45) is 3.65. The Morgan fingerprint density at radius 1 is 1.29 bits per heavy atom. The summed E-state index contributed by atoms with van der Waals surface area (Å²) in [7, 11) is -0.914. The molecule has 1 aliphatic rings. The van der Waals surface area contributed by atoms with Crippen molar-refractivity contribution in [3.8, 4) is 0 Å². The Labute approximate surface area is 128 Å². The average Bonchev–Trinajstić information content (AvgIpc) is 2.86. The van der Waals surface area contributed by atoms with Crippen LogP contribution in [0.4, 0.5) is 5.69 Å². The topological polar surface area (TPSA) is 40.6 Å². The SMILES string of the molecule is CCCN(C)CC1CCN(c2ccc(S(C)(=O)=O)cc2)C1. The fourth-order valence-corrected chi connectivity index (χ4v) is 3.66. The summed E-state index contributed by atoms with van der Waals surface area (Å²) in [5, 5.41) is 0. The Balaban J connectivity index is 1.95. The van der Waals surface area contributed by atoms with Crippen LogP contribution in [0, 0.1) is 5.92 Å². The van der Waals surface area contributed by atoms with E-state index in [0.29, 0.717) is 10.8 Å². The number of hydrogen-bond donors (Lipinski definition) is 0. The lowest BCUT2D eigenvalue weighted by molar-refractivity contribution is 0.287. The summed E-state index contributed by atoms with van der Waals surface area (Å²) in [4.78, 5) is 5.15. The van der Waals surface area contributed by atoms with Gasteiger partial charge in [-0.15, -0.1) is 0 Å². The van der Waals surface area contributed by atoms with Gasteiger partial charge in [0.05, 0.1) is 4.90 Å². The van der Waals surface area contributed by atoms with E-state index in [1.54, 1.807) is 12.1 Å². The van der Waals surface area contributed by atoms with E-state index in [1.807, 2.05) is 12.1 Å². The molecule has 0 amide bonds. The first kappa shape index (κ1) is 16.3. The van der Waals surface area contributed by atoms with Crippen molar-refractivity contribution >= 4 is 15.5 Å². The molecule has 4 nitrogen and oxygen atoms in total. The van der Waals surface area contributed by atoms with Gasteiger partial charge in [0, 0.05) is 31.6 Å². The Morgan fingerprint density at radius 2 is 1.95 bits per heavy atom. The quantitative estimate of drug-likeness (QED) is 0.808. The number of hydrogen-bond acceptors (Lipinski definition) is 4. The van der Waals surface area contributed by atoms with Crippen LogP contribution in [0.5, 0.6) is 0 Å². The van der Waals surface area contributed by atoms with Crippen LogP contribution in [-0.2, 0) is 9.84 Å². The van der Waals surface area contributed by atoms with Gasteiger partial charge in [-0.1, -0.05) is 6.92 Å². The van der Waals surface area contributed by atoms with E-state index < -0.39 is 9.84 Å². The van der Waals surface area contributed by atoms with Crippen molar-refractivity contribution in [2.24, 2.45) is 5.92 Å². The number of rotatable bonds is 6. The van der Waals surface area contributed by atoms with Crippen LogP contribution in [0.2, 0.25) is 0 Å². The normalized spacial score (nSPS) is 19.4. The van der Waals surface area contributed by atoms with Crippen LogP contribution >= 0.6 is 0 Å². The molecule has 1 saturated heterocycles. The molecule has 0 spiro atoms. The van der Waals surface area contributed by atoms with Crippen molar-refractivity contribution in [2.45, 2.75) is 24.7 Å². The molecule has 1 heterocycles. The molecule has 0 saturated carbocycles. The van der Waals surface area contributed by atoms with E-state index in [9.17, 15) is 8.42 Å². The van der Waals surface area contributed by atoms with Gasteiger partial charge in [-0.25, -0.2) is 8.42 Å². The third kappa shape index (κ3) is 4.45. The Bertz CT molecular complexity index is 554. The zero-order valence-corrected chi connectivity index (χ0v) is 14.1. The average molecular weight is 310 g/mol. The molecule has 1 unspecified atom stereocenters. The molecular weight excluding hydrogens is 284 g/mol. The van der Waals surface area contributed by atoms with Gasteiger partial charge in [0.2, 0.25) is 0 Å². The molecule has 1 aliphatic heterocycles. The van der Waals surface area contributed by atoms with Gasteiger partial charge in [-0.3, -0.25) is 0 Å². The second-order valence-electron chi connectivity index (χ2n) is 6.13. The standard InChI is InChI=1S/C16H26N2O2S/c1-4-10-17(2)12-14-9-11-18(13-14)15-5-7-16(8-6-15)21(3,19)20/h5-8,14H,4,9-13H2,1-3H3. The number of sulfone groups is 1. The second kappa shape index (κ2) is 6.79. The summed E-state index contributed by atoms with van der Waals surface area (Å²) in [5.41, 5.74) is 1.13. The molecule has 0 bridgehead atoms. The summed E-state index contributed by atoms with van der Waals surface area (Å²) in [6.45, 7) is 6.63. The minimum absolute atomic E-state index is 0.393. The monoisotopic (exact) mass is 310 g/mol. The Morgan fingerprint density at radius 3 is 2.52 bits per heavy atom. The van der Waals surface area contributed by atoms with Crippen molar-refractivity contribution in [1.82, 2.24) is 4.90 Å². The second-order valence-corrected chi connectivity index (χ2v) is 8.14. The van der Waals surface area contributed by atoms with Gasteiger partial charge in [-0.2, -0.15) is 0 Å². The maximum atomic E-state index is 11.5. The lowest BCUT2D eigenvalue weighted by Crippen LogP contribution is -2.28. The molecule has 0 radical (unpaired) electrons. The van der Waals surface area contributed by atoms with Crippen molar-refractivity contribution in [2.75, 3.05) is 44.4 Å². The summed E-state index contributed by atoms with van der Waals surface area (Å²) in [6, 6.07) is 7.27. The molecule has 1 aromatic carbocycles. The number of benzene rings is 1. The zero-order valence-electron chi connectivity index (χ0n) is 13.2. The molecule has 1 atom stereocenters. The van der Waals surface area contributed by atoms with E-state index >= 15 is 0 Å². The fourth-order valence-electron chi connectivity index (χ4n) is 3.03. The highest BCUT2D eigenvalue weighted by Crippen LogP contribution is 2.25. The highest BCUT2D eigenvalue weighted by atomic mass is 32.2. The summed E-state index contributed by atoms with van der Waals surface area (Å²) < 4.78 is 23.0. The van der Waals surface area contributed by atoms with Gasteiger partial charge in [-0.05, 0) is 56.6 Å². The minimum atomic E-state index is -3.10. The van der Waals surface area contributed by atoms with Crippen molar-refractivity contribution in [3.63, 3.8) is 0 Å². The third-order valence-corrected chi connectivity index (χ3v) is 5.22. The lowest BCUT2D eigenvalue weighted by Gasteiger charge is -2.22. The minimum Gasteiger partial charge on any atom is -0.371 e. The maximum Gasteiger partial charge on any atom is 0.175 e. The molecule has 2 rings (SSSR count). The van der Waals surface area contributed by atoms with Crippen molar-refractivity contribution in [3.05, 3.63) is 24.3 Å². The number of anilines is 1. The van der Waals surface area contributed by atoms with Gasteiger partial charge < -0.3 is 9.80 Å². The van der Waals surface area contributed by atoms with E-state index in [2.05, 4.69) is 23.8 Å². The zero-order chi connectivity index (χ0) is 15.5. The third-order valence-electron chi connectivity index (χ3n) is 4.09. The smallest absolute Gasteiger partial charge is 0.175 e. The molecule has 118 valence electrons. The lowest BCUT2D eigenvalue weighted by atomic mass is 10.1. The van der Waals surface area contributed by atoms with Crippen molar-refractivity contribution in [1.29, 1.82) is 0 Å². The maximum absolute atomic E-state index is 11.5. The molecule has 5 heteroatoms. The highest BCUT2D eigenvalue weighted by Gasteiger charge is 2.23. The van der Waals surface area contributed by atoms with E-state index in [0.717, 1.165) is 31.9 Å². The summed E-state index contributed by atoms with van der Waals surface area (Å²) in [5.74, 6) is 0.705. The van der Waals surface area contributed by atoms with Gasteiger partial charge in [0.15, 0.2) is 9.84 Å². The Hall–Kier alpha value is -1.07. The molecule has 0 aromatic heterocycles. The predicted octanol–water partition coefficient (Wildman–Crippen LogP) is 2.26. The van der Waals surface area contributed by atoms with Gasteiger partial charge in [0.1, 0.15) is 0 Å². The van der Waals surface area contributed by atoms with Crippen LogP contribution in [0.15, 0.2) is 29.2 Å². The van der Waals surface area contributed by atoms with Crippen LogP contribution in [-0.4, -0.2) is 52.8 Å². The Kier molecular flexibility index (Phi) is 5.27. The largest absolute Gasteiger partial charge is 0.371 e. The molecule has 0 aliphatic carbocycles. The molecule has 1 aromatic rings. The van der Waals surface area contributed by atoms with Crippen LogP contribution in [0.25, 0.3) is 0 Å². The van der Waals surface area contributed by atoms with E-state index in [1.165, 1.54) is 19.1 Å².